The Balaban J connectivity index is 1.46. The highest BCUT2D eigenvalue weighted by Crippen LogP contribution is 2.32. The van der Waals surface area contributed by atoms with E-state index >= 15 is 0 Å². The maximum Gasteiger partial charge on any atom is 0.342 e. The van der Waals surface area contributed by atoms with Crippen molar-refractivity contribution in [3.8, 4) is 5.75 Å². The molecule has 2 amide bonds. The van der Waals surface area contributed by atoms with Crippen molar-refractivity contribution in [3.63, 3.8) is 0 Å². The molecule has 1 aromatic heterocycles. The molecule has 0 radical (unpaired) electrons. The van der Waals surface area contributed by atoms with E-state index in [2.05, 4.69) is 10.4 Å². The quantitative estimate of drug-likeness (QED) is 0.741. The Kier molecular flexibility index (Phi) is 4.99. The van der Waals surface area contributed by atoms with Crippen LogP contribution in [0.15, 0.2) is 60.9 Å². The topological polar surface area (TPSA) is 76.5 Å². The van der Waals surface area contributed by atoms with E-state index in [9.17, 15) is 14.0 Å². The van der Waals surface area contributed by atoms with Gasteiger partial charge >= 0.3 is 6.03 Å². The lowest BCUT2D eigenvalue weighted by Gasteiger charge is -2.20. The van der Waals surface area contributed by atoms with Gasteiger partial charge in [-0.1, -0.05) is 36.4 Å². The number of amides is 2. The highest BCUT2D eigenvalue weighted by Gasteiger charge is 2.32. The molecule has 0 bridgehead atoms. The Hall–Kier alpha value is -3.68. The number of nitrogens with one attached hydrogen (secondary N) is 1. The number of nitrogens with zero attached hydrogens (tertiary/aromatic N) is 3. The summed E-state index contributed by atoms with van der Waals surface area (Å²) in [6.45, 7) is -0.108. The number of halogens is 1. The second-order valence-corrected chi connectivity index (χ2v) is 6.75. The van der Waals surface area contributed by atoms with Gasteiger partial charge in [-0.05, 0) is 23.3 Å². The molecule has 3 aromatic rings. The number of rotatable bonds is 3. The third-order valence-corrected chi connectivity index (χ3v) is 4.71. The number of anilines is 1. The van der Waals surface area contributed by atoms with Crippen LogP contribution in [0.4, 0.5) is 14.9 Å². The minimum atomic E-state index is -0.971. The molecule has 148 valence electrons. The standard InChI is InChI=1S/C21H19FN4O3/c1-25-19-16(22)8-5-9-18(19)29-13-17(20(25)27)24-21(28)26-12-15(11-23-26)10-14-6-3-2-4-7-14/h2-9,11-12,17H,10,13H2,1H3,(H,24,28)/t17-/m0/s1. The average Bonchev–Trinajstić information content (AvgIpc) is 3.15. The molecule has 0 saturated heterocycles. The number of carbonyl (C=O) groups is 2. The van der Waals surface area contributed by atoms with Crippen molar-refractivity contribution in [2.24, 2.45) is 0 Å². The lowest BCUT2D eigenvalue weighted by atomic mass is 10.1. The van der Waals surface area contributed by atoms with E-state index in [0.717, 1.165) is 20.7 Å². The minimum Gasteiger partial charge on any atom is -0.489 e. The summed E-state index contributed by atoms with van der Waals surface area (Å²) in [7, 11) is 1.45. The Bertz CT molecular complexity index is 1050. The van der Waals surface area contributed by atoms with E-state index < -0.39 is 23.8 Å². The molecule has 0 saturated carbocycles. The first-order chi connectivity index (χ1) is 14.0. The lowest BCUT2D eigenvalue weighted by molar-refractivity contribution is -0.120. The van der Waals surface area contributed by atoms with Crippen LogP contribution in [0.1, 0.15) is 11.1 Å². The molecule has 8 heteroatoms. The predicted molar refractivity (Wildman–Crippen MR) is 104 cm³/mol. The fourth-order valence-electron chi connectivity index (χ4n) is 3.24. The number of ether oxygens (including phenoxy) is 1. The summed E-state index contributed by atoms with van der Waals surface area (Å²) in [6, 6.07) is 12.6. The molecule has 0 fully saturated rings. The summed E-state index contributed by atoms with van der Waals surface area (Å²) < 4.78 is 20.8. The smallest absolute Gasteiger partial charge is 0.342 e. The molecule has 2 heterocycles. The molecule has 2 aromatic carbocycles. The van der Waals surface area contributed by atoms with Gasteiger partial charge in [0, 0.05) is 19.7 Å². The van der Waals surface area contributed by atoms with Gasteiger partial charge in [-0.25, -0.2) is 9.18 Å². The van der Waals surface area contributed by atoms with Crippen LogP contribution in [-0.2, 0) is 11.2 Å². The normalized spacial score (nSPS) is 16.0. The zero-order valence-electron chi connectivity index (χ0n) is 15.7. The van der Waals surface area contributed by atoms with E-state index in [1.165, 1.54) is 19.2 Å². The molecule has 1 N–H and O–H groups in total. The molecule has 1 atom stereocenters. The van der Waals surface area contributed by atoms with Crippen molar-refractivity contribution in [2.75, 3.05) is 18.6 Å². The molecule has 1 aliphatic rings. The number of carbonyl (C=O) groups excluding carboxylic acids is 2. The van der Waals surface area contributed by atoms with Crippen LogP contribution in [-0.4, -0.2) is 41.4 Å². The van der Waals surface area contributed by atoms with Crippen LogP contribution < -0.4 is 15.0 Å². The molecule has 0 aliphatic carbocycles. The summed E-state index contributed by atoms with van der Waals surface area (Å²) in [6.07, 6.45) is 3.86. The monoisotopic (exact) mass is 394 g/mol. The lowest BCUT2D eigenvalue weighted by Crippen LogP contribution is -2.50. The predicted octanol–water partition coefficient (Wildman–Crippen LogP) is 2.59. The Morgan fingerprint density at radius 2 is 2.00 bits per heavy atom. The highest BCUT2D eigenvalue weighted by molar-refractivity contribution is 6.00. The summed E-state index contributed by atoms with van der Waals surface area (Å²) in [5, 5.41) is 6.69. The minimum absolute atomic E-state index is 0.0542. The van der Waals surface area contributed by atoms with Gasteiger partial charge in [0.2, 0.25) is 0 Å². The SMILES string of the molecule is CN1C(=O)[C@@H](NC(=O)n2cc(Cc3ccccc3)cn2)COc2cccc(F)c21. The average molecular weight is 394 g/mol. The van der Waals surface area contributed by atoms with E-state index in [1.807, 2.05) is 30.3 Å². The van der Waals surface area contributed by atoms with Crippen molar-refractivity contribution in [1.82, 2.24) is 15.1 Å². The number of likely N-dealkylation sites (N-methyl/N-ethyl adjacent to an activating group) is 1. The van der Waals surface area contributed by atoms with Crippen LogP contribution in [0.5, 0.6) is 5.75 Å². The Morgan fingerprint density at radius 1 is 1.21 bits per heavy atom. The highest BCUT2D eigenvalue weighted by atomic mass is 19.1. The molecule has 7 nitrogen and oxygen atoms in total. The summed E-state index contributed by atoms with van der Waals surface area (Å²) in [5.41, 5.74) is 2.01. The summed E-state index contributed by atoms with van der Waals surface area (Å²) in [5.74, 6) is -0.788. The molecular formula is C21H19FN4O3. The van der Waals surface area contributed by atoms with E-state index in [-0.39, 0.29) is 18.0 Å². The van der Waals surface area contributed by atoms with Gasteiger partial charge in [-0.3, -0.25) is 4.79 Å². The maximum absolute atomic E-state index is 14.1. The van der Waals surface area contributed by atoms with Crippen LogP contribution in [0.3, 0.4) is 0 Å². The zero-order valence-corrected chi connectivity index (χ0v) is 15.7. The summed E-state index contributed by atoms with van der Waals surface area (Å²) >= 11 is 0. The molecule has 4 rings (SSSR count). The van der Waals surface area contributed by atoms with Crippen LogP contribution in [0, 0.1) is 5.82 Å². The first kappa shape index (κ1) is 18.7. The molecule has 29 heavy (non-hydrogen) atoms. The van der Waals surface area contributed by atoms with Crippen LogP contribution >= 0.6 is 0 Å². The van der Waals surface area contributed by atoms with Gasteiger partial charge < -0.3 is 15.0 Å². The number of fused-ring (bicyclic) bond motifs is 1. The molecular weight excluding hydrogens is 375 g/mol. The van der Waals surface area contributed by atoms with Gasteiger partial charge in [0.05, 0.1) is 6.20 Å². The van der Waals surface area contributed by atoms with Crippen molar-refractivity contribution in [2.45, 2.75) is 12.5 Å². The fraction of sp³-hybridized carbons (Fsp3) is 0.190. The van der Waals surface area contributed by atoms with Crippen molar-refractivity contribution >= 4 is 17.6 Å². The number of benzene rings is 2. The largest absolute Gasteiger partial charge is 0.489 e. The first-order valence-corrected chi connectivity index (χ1v) is 9.10. The van der Waals surface area contributed by atoms with Gasteiger partial charge in [0.1, 0.15) is 24.1 Å². The summed E-state index contributed by atoms with van der Waals surface area (Å²) in [4.78, 5) is 26.4. The molecule has 0 unspecified atom stereocenters. The Morgan fingerprint density at radius 3 is 2.79 bits per heavy atom. The fourth-order valence-corrected chi connectivity index (χ4v) is 3.24. The third kappa shape index (κ3) is 3.82. The number of para-hydroxylation sites is 1. The van der Waals surface area contributed by atoms with Crippen LogP contribution in [0.25, 0.3) is 0 Å². The van der Waals surface area contributed by atoms with Gasteiger partial charge in [-0.2, -0.15) is 9.78 Å². The van der Waals surface area contributed by atoms with Crippen molar-refractivity contribution < 1.29 is 18.7 Å². The molecule has 0 spiro atoms. The number of hydrogen-bond acceptors (Lipinski definition) is 4. The zero-order chi connectivity index (χ0) is 20.4. The third-order valence-electron chi connectivity index (χ3n) is 4.71. The molecule has 1 aliphatic heterocycles. The number of hydrogen-bond donors (Lipinski definition) is 1. The van der Waals surface area contributed by atoms with E-state index in [0.29, 0.717) is 6.42 Å². The van der Waals surface area contributed by atoms with Gasteiger partial charge in [-0.15, -0.1) is 0 Å². The first-order valence-electron chi connectivity index (χ1n) is 9.10. The maximum atomic E-state index is 14.1. The van der Waals surface area contributed by atoms with Crippen LogP contribution in [0.2, 0.25) is 0 Å². The Labute approximate surface area is 166 Å². The van der Waals surface area contributed by atoms with Crippen molar-refractivity contribution in [1.29, 1.82) is 0 Å². The number of aromatic nitrogens is 2. The van der Waals surface area contributed by atoms with Gasteiger partial charge in [0.25, 0.3) is 5.91 Å². The van der Waals surface area contributed by atoms with Gasteiger partial charge in [0.15, 0.2) is 5.82 Å². The van der Waals surface area contributed by atoms with E-state index in [1.54, 1.807) is 18.5 Å². The van der Waals surface area contributed by atoms with Crippen molar-refractivity contribution in [3.05, 3.63) is 77.9 Å². The second kappa shape index (κ2) is 7.75. The van der Waals surface area contributed by atoms with E-state index in [4.69, 9.17) is 4.74 Å². The second-order valence-electron chi connectivity index (χ2n) is 6.75.